The van der Waals surface area contributed by atoms with Gasteiger partial charge in [-0.15, -0.1) is 0 Å². The van der Waals surface area contributed by atoms with Gasteiger partial charge in [0, 0.05) is 18.8 Å². The van der Waals surface area contributed by atoms with E-state index in [1.807, 2.05) is 20.8 Å². The molecule has 1 aliphatic heterocycles. The zero-order valence-corrected chi connectivity index (χ0v) is 13.7. The van der Waals surface area contributed by atoms with Crippen molar-refractivity contribution in [3.05, 3.63) is 28.8 Å². The lowest BCUT2D eigenvalue weighted by atomic mass is 9.96. The lowest BCUT2D eigenvalue weighted by Gasteiger charge is -2.31. The number of hydrogen-bond acceptors (Lipinski definition) is 3. The van der Waals surface area contributed by atoms with Gasteiger partial charge in [0.2, 0.25) is 5.91 Å². The molecule has 1 saturated heterocycles. The highest BCUT2D eigenvalue weighted by Crippen LogP contribution is 2.24. The van der Waals surface area contributed by atoms with Crippen molar-refractivity contribution in [2.24, 2.45) is 5.92 Å². The fourth-order valence-corrected chi connectivity index (χ4v) is 3.09. The highest BCUT2D eigenvalue weighted by Gasteiger charge is 2.29. The summed E-state index contributed by atoms with van der Waals surface area (Å²) >= 11 is 0. The van der Waals surface area contributed by atoms with Crippen LogP contribution in [-0.2, 0) is 9.53 Å². The van der Waals surface area contributed by atoms with Crippen LogP contribution < -0.4 is 5.32 Å². The molecule has 22 heavy (non-hydrogen) atoms. The molecule has 0 saturated carbocycles. The predicted molar refractivity (Wildman–Crippen MR) is 86.0 cm³/mol. The number of hydrogen-bond donors (Lipinski definition) is 1. The van der Waals surface area contributed by atoms with Crippen molar-refractivity contribution in [1.82, 2.24) is 4.90 Å². The molecule has 0 spiro atoms. The van der Waals surface area contributed by atoms with Gasteiger partial charge < -0.3 is 15.0 Å². The summed E-state index contributed by atoms with van der Waals surface area (Å²) in [6.07, 6.45) is 1.25. The van der Waals surface area contributed by atoms with Crippen molar-refractivity contribution in [1.29, 1.82) is 0 Å². The number of benzene rings is 1. The van der Waals surface area contributed by atoms with Gasteiger partial charge in [-0.05, 0) is 44.7 Å². The smallest absolute Gasteiger partial charge is 0.409 e. The Bertz CT molecular complexity index is 560. The summed E-state index contributed by atoms with van der Waals surface area (Å²) in [6.45, 7) is 7.11. The highest BCUT2D eigenvalue weighted by atomic mass is 16.5. The maximum Gasteiger partial charge on any atom is 0.409 e. The van der Waals surface area contributed by atoms with E-state index in [1.54, 1.807) is 4.90 Å². The molecular weight excluding hydrogens is 280 g/mol. The van der Waals surface area contributed by atoms with Crippen LogP contribution >= 0.6 is 0 Å². The zero-order chi connectivity index (χ0) is 16.3. The molecule has 5 heteroatoms. The van der Waals surface area contributed by atoms with Gasteiger partial charge in [-0.2, -0.15) is 0 Å². The summed E-state index contributed by atoms with van der Waals surface area (Å²) in [5.41, 5.74) is 4.19. The van der Waals surface area contributed by atoms with E-state index in [1.165, 1.54) is 12.7 Å². The molecule has 120 valence electrons. The first kappa shape index (κ1) is 16.3. The summed E-state index contributed by atoms with van der Waals surface area (Å²) < 4.78 is 4.74. The molecule has 0 bridgehead atoms. The van der Waals surface area contributed by atoms with Gasteiger partial charge in [0.1, 0.15) is 0 Å². The monoisotopic (exact) mass is 304 g/mol. The van der Waals surface area contributed by atoms with Crippen molar-refractivity contribution in [2.45, 2.75) is 33.6 Å². The molecule has 1 aromatic rings. The molecule has 1 N–H and O–H groups in total. The van der Waals surface area contributed by atoms with Gasteiger partial charge in [0.15, 0.2) is 0 Å². The summed E-state index contributed by atoms with van der Waals surface area (Å²) in [5.74, 6) is -0.211. The van der Waals surface area contributed by atoms with Crippen LogP contribution in [0.1, 0.15) is 29.5 Å². The van der Waals surface area contributed by atoms with Crippen LogP contribution in [0, 0.1) is 26.7 Å². The van der Waals surface area contributed by atoms with Crippen LogP contribution in [0.15, 0.2) is 12.1 Å². The molecule has 1 aromatic carbocycles. The second-order valence-corrected chi connectivity index (χ2v) is 6.02. The van der Waals surface area contributed by atoms with Gasteiger partial charge in [0.05, 0.1) is 13.0 Å². The molecule has 2 rings (SSSR count). The number of aryl methyl sites for hydroxylation is 3. The van der Waals surface area contributed by atoms with Crippen LogP contribution in [0.25, 0.3) is 0 Å². The predicted octanol–water partition coefficient (Wildman–Crippen LogP) is 3.03. The molecule has 0 aromatic heterocycles. The topological polar surface area (TPSA) is 58.6 Å². The average molecular weight is 304 g/mol. The van der Waals surface area contributed by atoms with E-state index in [2.05, 4.69) is 17.4 Å². The van der Waals surface area contributed by atoms with E-state index < -0.39 is 0 Å². The summed E-state index contributed by atoms with van der Waals surface area (Å²) in [5, 5.41) is 3.04. The summed E-state index contributed by atoms with van der Waals surface area (Å²) in [7, 11) is 1.37. The molecule has 5 nitrogen and oxygen atoms in total. The van der Waals surface area contributed by atoms with Crippen LogP contribution in [0.4, 0.5) is 10.5 Å². The third-order valence-electron chi connectivity index (χ3n) is 4.15. The number of anilines is 1. The Kier molecular flexibility index (Phi) is 5.06. The van der Waals surface area contributed by atoms with Crippen molar-refractivity contribution >= 4 is 17.7 Å². The summed E-state index contributed by atoms with van der Waals surface area (Å²) in [6, 6.07) is 4.12. The van der Waals surface area contributed by atoms with E-state index in [0.717, 1.165) is 29.7 Å². The zero-order valence-electron chi connectivity index (χ0n) is 13.7. The minimum atomic E-state index is -0.361. The van der Waals surface area contributed by atoms with Gasteiger partial charge in [0.25, 0.3) is 0 Å². The molecule has 1 fully saturated rings. The number of carbonyl (C=O) groups is 2. The average Bonchev–Trinajstić information content (AvgIpc) is 2.50. The Morgan fingerprint density at radius 3 is 2.45 bits per heavy atom. The second kappa shape index (κ2) is 6.81. The van der Waals surface area contributed by atoms with Crippen LogP contribution in [-0.4, -0.2) is 37.1 Å². The number of amides is 2. The standard InChI is InChI=1S/C17H24N2O3/c1-11-8-12(2)15(13(3)9-11)18-16(20)14-6-5-7-19(10-14)17(21)22-4/h8-9,14H,5-7,10H2,1-4H3,(H,18,20). The molecule has 1 atom stereocenters. The van der Waals surface area contributed by atoms with E-state index in [-0.39, 0.29) is 17.9 Å². The lowest BCUT2D eigenvalue weighted by Crippen LogP contribution is -2.43. The Hall–Kier alpha value is -2.04. The van der Waals surface area contributed by atoms with Crippen molar-refractivity contribution in [3.63, 3.8) is 0 Å². The first-order chi connectivity index (χ1) is 10.4. The maximum atomic E-state index is 12.5. The number of ether oxygens (including phenoxy) is 1. The SMILES string of the molecule is COC(=O)N1CCCC(C(=O)Nc2c(C)cc(C)cc2C)C1. The van der Waals surface area contributed by atoms with Crippen LogP contribution in [0.2, 0.25) is 0 Å². The van der Waals surface area contributed by atoms with Crippen molar-refractivity contribution in [3.8, 4) is 0 Å². The van der Waals surface area contributed by atoms with Gasteiger partial charge >= 0.3 is 6.09 Å². The first-order valence-corrected chi connectivity index (χ1v) is 7.64. The van der Waals surface area contributed by atoms with E-state index in [4.69, 9.17) is 4.74 Å². The van der Waals surface area contributed by atoms with E-state index in [9.17, 15) is 9.59 Å². The minimum absolute atomic E-state index is 0.0244. The third kappa shape index (κ3) is 3.59. The van der Waals surface area contributed by atoms with Crippen molar-refractivity contribution < 1.29 is 14.3 Å². The largest absolute Gasteiger partial charge is 0.453 e. The van der Waals surface area contributed by atoms with E-state index >= 15 is 0 Å². The van der Waals surface area contributed by atoms with Gasteiger partial charge in [-0.1, -0.05) is 17.7 Å². The first-order valence-electron chi connectivity index (χ1n) is 7.64. The highest BCUT2D eigenvalue weighted by molar-refractivity contribution is 5.94. The Morgan fingerprint density at radius 1 is 1.23 bits per heavy atom. The molecule has 2 amide bonds. The molecular formula is C17H24N2O3. The number of methoxy groups -OCH3 is 1. The quantitative estimate of drug-likeness (QED) is 0.913. The number of carbonyl (C=O) groups excluding carboxylic acids is 2. The molecule has 1 heterocycles. The lowest BCUT2D eigenvalue weighted by molar-refractivity contribution is -0.121. The number of rotatable bonds is 2. The van der Waals surface area contributed by atoms with Gasteiger partial charge in [-0.3, -0.25) is 4.79 Å². The Balaban J connectivity index is 2.08. The Morgan fingerprint density at radius 2 is 1.86 bits per heavy atom. The molecule has 1 aliphatic rings. The minimum Gasteiger partial charge on any atom is -0.453 e. The van der Waals surface area contributed by atoms with Crippen LogP contribution in [0.3, 0.4) is 0 Å². The summed E-state index contributed by atoms with van der Waals surface area (Å²) in [4.78, 5) is 25.7. The fraction of sp³-hybridized carbons (Fsp3) is 0.529. The second-order valence-electron chi connectivity index (χ2n) is 6.02. The molecule has 0 radical (unpaired) electrons. The van der Waals surface area contributed by atoms with Crippen LogP contribution in [0.5, 0.6) is 0 Å². The normalized spacial score (nSPS) is 18.0. The number of piperidine rings is 1. The van der Waals surface area contributed by atoms with Crippen molar-refractivity contribution in [2.75, 3.05) is 25.5 Å². The number of likely N-dealkylation sites (tertiary alicyclic amines) is 1. The Labute approximate surface area is 131 Å². The molecule has 1 unspecified atom stereocenters. The van der Waals surface area contributed by atoms with Gasteiger partial charge in [-0.25, -0.2) is 4.79 Å². The van der Waals surface area contributed by atoms with E-state index in [0.29, 0.717) is 13.1 Å². The molecule has 0 aliphatic carbocycles. The number of nitrogens with zero attached hydrogens (tertiary/aromatic N) is 1. The number of nitrogens with one attached hydrogen (secondary N) is 1. The maximum absolute atomic E-state index is 12.5. The fourth-order valence-electron chi connectivity index (χ4n) is 3.09. The third-order valence-corrected chi connectivity index (χ3v) is 4.15.